The normalized spacial score (nSPS) is 16.4. The Hall–Kier alpha value is -2.58. The Kier molecular flexibility index (Phi) is 18.2. The zero-order chi connectivity index (χ0) is 27.4. The van der Waals surface area contributed by atoms with Gasteiger partial charge in [0.1, 0.15) is 0 Å². The monoisotopic (exact) mass is 517 g/mol. The molecule has 1 aliphatic heterocycles. The maximum Gasteiger partial charge on any atom is 0.392 e. The quantitative estimate of drug-likeness (QED) is 0.249. The van der Waals surface area contributed by atoms with E-state index in [-0.39, 0.29) is 0 Å². The molecule has 0 radical (unpaired) electrons. The van der Waals surface area contributed by atoms with E-state index >= 15 is 0 Å². The van der Waals surface area contributed by atoms with Crippen molar-refractivity contribution in [2.75, 3.05) is 13.1 Å². The van der Waals surface area contributed by atoms with Gasteiger partial charge >= 0.3 is 6.18 Å². The van der Waals surface area contributed by atoms with Crippen LogP contribution in [0.5, 0.6) is 0 Å². The van der Waals surface area contributed by atoms with Crippen LogP contribution >= 0.6 is 11.8 Å². The fourth-order valence-electron chi connectivity index (χ4n) is 3.16. The highest BCUT2D eigenvalue weighted by Crippen LogP contribution is 2.32. The second kappa shape index (κ2) is 19.6. The maximum atomic E-state index is 12.4. The van der Waals surface area contributed by atoms with E-state index in [1.54, 1.807) is 23.9 Å². The number of halogens is 3. The van der Waals surface area contributed by atoms with Gasteiger partial charge in [-0.3, -0.25) is 0 Å². The van der Waals surface area contributed by atoms with Crippen LogP contribution < -0.4 is 0 Å². The van der Waals surface area contributed by atoms with Crippen molar-refractivity contribution in [1.82, 2.24) is 4.90 Å². The molecule has 0 unspecified atom stereocenters. The standard InChI is InChI=1S/C24H28F3NS.C3H6.C2H6.C2H2/c1-4-6-12-23(29-18-20-10-7-9-19(3)16-20)21-13-15-28(17-21)22(5-2)11-8-14-24(25,26)27;1-2-3-1;2*1-2/h4-12,16H,1,13-15,17-18H2,2-3H3;1-3H2;1-2H3;1-2H/b11-8-,12-6-,22-5+,23-21-;;;. The number of terminal acetylenes is 1. The van der Waals surface area contributed by atoms with Gasteiger partial charge in [0.2, 0.25) is 0 Å². The minimum absolute atomic E-state index is 0.730. The number of nitrogens with zero attached hydrogens (tertiary/aromatic N) is 1. The van der Waals surface area contributed by atoms with Crippen LogP contribution in [-0.4, -0.2) is 24.2 Å². The van der Waals surface area contributed by atoms with Gasteiger partial charge in [-0.1, -0.05) is 93.8 Å². The van der Waals surface area contributed by atoms with E-state index in [0.29, 0.717) is 0 Å². The number of aryl methyl sites for hydroxylation is 1. The number of rotatable bonds is 8. The summed E-state index contributed by atoms with van der Waals surface area (Å²) in [5.41, 5.74) is 4.66. The van der Waals surface area contributed by atoms with Gasteiger partial charge in [-0.05, 0) is 43.6 Å². The lowest BCUT2D eigenvalue weighted by atomic mass is 10.2. The lowest BCUT2D eigenvalue weighted by Gasteiger charge is -2.19. The molecular formula is C31H42F3NS. The Morgan fingerprint density at radius 2 is 1.81 bits per heavy atom. The summed E-state index contributed by atoms with van der Waals surface area (Å²) in [6.07, 6.45) is 18.8. The van der Waals surface area contributed by atoms with Crippen LogP contribution in [0.1, 0.15) is 64.0 Å². The fraction of sp³-hybridized carbons (Fsp3) is 0.419. The van der Waals surface area contributed by atoms with E-state index in [0.717, 1.165) is 31.0 Å². The zero-order valence-electron chi connectivity index (χ0n) is 22.3. The highest BCUT2D eigenvalue weighted by Gasteiger charge is 2.25. The second-order valence-electron chi connectivity index (χ2n) is 8.01. The van der Waals surface area contributed by atoms with E-state index < -0.39 is 12.6 Å². The Morgan fingerprint density at radius 3 is 2.33 bits per heavy atom. The van der Waals surface area contributed by atoms with Gasteiger partial charge in [0, 0.05) is 29.4 Å². The minimum Gasteiger partial charge on any atom is -0.367 e. The summed E-state index contributed by atoms with van der Waals surface area (Å²) in [4.78, 5) is 3.35. The molecule has 198 valence electrons. The van der Waals surface area contributed by atoms with Gasteiger partial charge in [0.05, 0.1) is 6.42 Å². The first-order valence-corrected chi connectivity index (χ1v) is 13.5. The van der Waals surface area contributed by atoms with Gasteiger partial charge < -0.3 is 4.90 Å². The maximum absolute atomic E-state index is 12.4. The third kappa shape index (κ3) is 15.4. The molecule has 1 heterocycles. The average molecular weight is 518 g/mol. The molecule has 0 spiro atoms. The first kappa shape index (κ1) is 33.4. The molecule has 1 saturated heterocycles. The summed E-state index contributed by atoms with van der Waals surface area (Å²) in [7, 11) is 0. The molecule has 0 N–H and O–H groups in total. The summed E-state index contributed by atoms with van der Waals surface area (Å²) < 4.78 is 37.2. The predicted octanol–water partition coefficient (Wildman–Crippen LogP) is 9.79. The molecule has 0 amide bonds. The largest absolute Gasteiger partial charge is 0.392 e. The average Bonchev–Trinajstić information content (AvgIpc) is 3.69. The molecule has 0 bridgehead atoms. The third-order valence-electron chi connectivity index (χ3n) is 4.93. The summed E-state index contributed by atoms with van der Waals surface area (Å²) in [6, 6.07) is 8.48. The highest BCUT2D eigenvalue weighted by atomic mass is 32.2. The molecule has 2 aliphatic rings. The van der Waals surface area contributed by atoms with Crippen LogP contribution in [0.25, 0.3) is 0 Å². The molecule has 1 aliphatic carbocycles. The molecule has 1 nitrogen and oxygen atoms in total. The summed E-state index contributed by atoms with van der Waals surface area (Å²) >= 11 is 1.80. The molecule has 2 fully saturated rings. The Balaban J connectivity index is 0.00000155. The predicted molar refractivity (Wildman–Crippen MR) is 154 cm³/mol. The van der Waals surface area contributed by atoms with E-state index in [1.165, 1.54) is 46.9 Å². The van der Waals surface area contributed by atoms with Crippen LogP contribution in [0.3, 0.4) is 0 Å². The summed E-state index contributed by atoms with van der Waals surface area (Å²) in [6.45, 7) is 13.2. The SMILES string of the molecule is C#C.C1CC1.C=C/C=C\C(SCc1cccc(C)c1)=C1/CCN(C(/C=C\CC(F)(F)F)=C/C)C1.CC. The topological polar surface area (TPSA) is 3.24 Å². The fourth-order valence-corrected chi connectivity index (χ4v) is 4.21. The number of thioether (sulfide) groups is 1. The molecule has 1 aromatic rings. The number of benzene rings is 1. The van der Waals surface area contributed by atoms with Gasteiger partial charge in [-0.15, -0.1) is 24.6 Å². The molecule has 1 aromatic carbocycles. The third-order valence-corrected chi connectivity index (χ3v) is 6.14. The summed E-state index contributed by atoms with van der Waals surface area (Å²) in [5.74, 6) is 0.879. The van der Waals surface area contributed by atoms with Crippen molar-refractivity contribution in [2.24, 2.45) is 0 Å². The smallest absolute Gasteiger partial charge is 0.367 e. The van der Waals surface area contributed by atoms with Gasteiger partial charge in [-0.25, -0.2) is 0 Å². The van der Waals surface area contributed by atoms with Crippen molar-refractivity contribution < 1.29 is 13.2 Å². The molecule has 1 saturated carbocycles. The Bertz CT molecular complexity index is 899. The highest BCUT2D eigenvalue weighted by molar-refractivity contribution is 8.02. The zero-order valence-corrected chi connectivity index (χ0v) is 23.1. The van der Waals surface area contributed by atoms with E-state index in [2.05, 4.69) is 61.6 Å². The summed E-state index contributed by atoms with van der Waals surface area (Å²) in [5, 5.41) is 0. The van der Waals surface area contributed by atoms with Crippen molar-refractivity contribution in [1.29, 1.82) is 0 Å². The van der Waals surface area contributed by atoms with Crippen molar-refractivity contribution in [3.05, 3.63) is 94.6 Å². The van der Waals surface area contributed by atoms with E-state index in [4.69, 9.17) is 0 Å². The van der Waals surface area contributed by atoms with Crippen molar-refractivity contribution >= 4 is 11.8 Å². The van der Waals surface area contributed by atoms with Crippen LogP contribution in [0.2, 0.25) is 0 Å². The van der Waals surface area contributed by atoms with Crippen LogP contribution in [0.4, 0.5) is 13.2 Å². The molecule has 36 heavy (non-hydrogen) atoms. The van der Waals surface area contributed by atoms with Gasteiger partial charge in [0.15, 0.2) is 0 Å². The molecular weight excluding hydrogens is 475 g/mol. The Morgan fingerprint density at radius 1 is 1.14 bits per heavy atom. The van der Waals surface area contributed by atoms with Gasteiger partial charge in [0.25, 0.3) is 0 Å². The molecule has 0 atom stereocenters. The van der Waals surface area contributed by atoms with Crippen LogP contribution in [0.15, 0.2) is 83.5 Å². The van der Waals surface area contributed by atoms with Crippen molar-refractivity contribution in [3.8, 4) is 12.8 Å². The lowest BCUT2D eigenvalue weighted by molar-refractivity contribution is -0.125. The van der Waals surface area contributed by atoms with E-state index in [1.807, 2.05) is 32.9 Å². The molecule has 0 aromatic heterocycles. The number of allylic oxidation sites excluding steroid dienone is 6. The first-order chi connectivity index (χ1) is 17.3. The molecule has 3 rings (SSSR count). The minimum atomic E-state index is -4.17. The van der Waals surface area contributed by atoms with E-state index in [9.17, 15) is 13.2 Å². The number of likely N-dealkylation sites (tertiary alicyclic amines) is 1. The van der Waals surface area contributed by atoms with Crippen LogP contribution in [-0.2, 0) is 5.75 Å². The van der Waals surface area contributed by atoms with Crippen molar-refractivity contribution in [2.45, 2.75) is 71.7 Å². The number of alkyl halides is 3. The first-order valence-electron chi connectivity index (χ1n) is 12.5. The number of hydrogen-bond donors (Lipinski definition) is 0. The lowest BCUT2D eigenvalue weighted by Crippen LogP contribution is -2.17. The molecule has 5 heteroatoms. The van der Waals surface area contributed by atoms with Crippen LogP contribution in [0, 0.1) is 19.8 Å². The Labute approximate surface area is 221 Å². The van der Waals surface area contributed by atoms with Gasteiger partial charge in [-0.2, -0.15) is 13.2 Å². The number of hydrogen-bond acceptors (Lipinski definition) is 2. The van der Waals surface area contributed by atoms with Crippen molar-refractivity contribution in [3.63, 3.8) is 0 Å². The second-order valence-corrected chi connectivity index (χ2v) is 9.02.